The average molecular weight is 437 g/mol. The molecule has 2 nitrogen and oxygen atoms in total. The number of hydrogen-bond donors (Lipinski definition) is 0. The first kappa shape index (κ1) is 23.2. The van der Waals surface area contributed by atoms with Crippen molar-refractivity contribution in [3.63, 3.8) is 0 Å². The first-order valence-corrected chi connectivity index (χ1v) is 12.6. The van der Waals surface area contributed by atoms with Gasteiger partial charge in [-0.25, -0.2) is 0 Å². The minimum atomic E-state index is 0.184. The van der Waals surface area contributed by atoms with E-state index < -0.39 is 0 Å². The van der Waals surface area contributed by atoms with Crippen molar-refractivity contribution in [2.45, 2.75) is 70.6 Å². The van der Waals surface area contributed by atoms with Gasteiger partial charge in [0.25, 0.3) is 0 Å². The largest absolute Gasteiger partial charge is 0.259 e. The molecule has 2 heteroatoms. The second-order valence-corrected chi connectivity index (χ2v) is 9.21. The lowest BCUT2D eigenvalue weighted by Crippen LogP contribution is -2.25. The van der Waals surface area contributed by atoms with Crippen molar-refractivity contribution in [3.8, 4) is 0 Å². The predicted octanol–water partition coefficient (Wildman–Crippen LogP) is 9.19. The van der Waals surface area contributed by atoms with Crippen LogP contribution in [-0.2, 0) is 5.41 Å². The summed E-state index contributed by atoms with van der Waals surface area (Å²) in [6, 6.07) is 25.4. The molecule has 3 aromatic carbocycles. The van der Waals surface area contributed by atoms with E-state index in [0.29, 0.717) is 0 Å². The van der Waals surface area contributed by atoms with Crippen LogP contribution in [0.2, 0.25) is 0 Å². The molecule has 4 aromatic rings. The SMILES string of the molecule is CCCCCC1(CCCCC)C=Nc2c1ccc1ccccc21.c1ccc2ncccc2c1. The molecule has 0 saturated carbocycles. The van der Waals surface area contributed by atoms with E-state index >= 15 is 0 Å². The Morgan fingerprint density at radius 2 is 1.33 bits per heavy atom. The van der Waals surface area contributed by atoms with Gasteiger partial charge in [-0.2, -0.15) is 0 Å². The molecule has 170 valence electrons. The van der Waals surface area contributed by atoms with Gasteiger partial charge < -0.3 is 0 Å². The molecule has 2 heterocycles. The topological polar surface area (TPSA) is 25.2 Å². The lowest BCUT2D eigenvalue weighted by Gasteiger charge is -2.28. The average Bonchev–Trinajstić information content (AvgIpc) is 3.24. The standard InChI is InChI=1S/C22H29N.C9H7N/c1-3-5-9-15-22(16-10-6-4-2)17-23-21-19-12-8-7-11-18(19)13-14-20(21)22;1-2-6-9-8(4-1)5-3-7-10-9/h7-8,11-14,17H,3-6,9-10,15-16H2,1-2H3;1-7H. The smallest absolute Gasteiger partial charge is 0.0745 e. The third-order valence-corrected chi connectivity index (χ3v) is 6.84. The van der Waals surface area contributed by atoms with Gasteiger partial charge in [0.15, 0.2) is 0 Å². The van der Waals surface area contributed by atoms with Crippen LogP contribution in [0.15, 0.2) is 84.0 Å². The minimum Gasteiger partial charge on any atom is -0.259 e. The maximum absolute atomic E-state index is 4.91. The van der Waals surface area contributed by atoms with E-state index in [1.165, 1.54) is 78.8 Å². The van der Waals surface area contributed by atoms with Gasteiger partial charge in [-0.3, -0.25) is 9.98 Å². The fraction of sp³-hybridized carbons (Fsp3) is 0.355. The highest BCUT2D eigenvalue weighted by atomic mass is 14.8. The van der Waals surface area contributed by atoms with Crippen LogP contribution < -0.4 is 0 Å². The summed E-state index contributed by atoms with van der Waals surface area (Å²) in [7, 11) is 0. The van der Waals surface area contributed by atoms with Crippen molar-refractivity contribution < 1.29 is 0 Å². The zero-order valence-electron chi connectivity index (χ0n) is 20.1. The summed E-state index contributed by atoms with van der Waals surface area (Å²) in [4.78, 5) is 9.09. The first-order chi connectivity index (χ1) is 16.3. The summed E-state index contributed by atoms with van der Waals surface area (Å²) < 4.78 is 0. The Morgan fingerprint density at radius 3 is 2.06 bits per heavy atom. The van der Waals surface area contributed by atoms with Crippen molar-refractivity contribution in [2.24, 2.45) is 4.99 Å². The van der Waals surface area contributed by atoms with Crippen molar-refractivity contribution in [1.29, 1.82) is 0 Å². The Kier molecular flexibility index (Phi) is 7.88. The van der Waals surface area contributed by atoms with E-state index in [-0.39, 0.29) is 5.41 Å². The summed E-state index contributed by atoms with van der Waals surface area (Å²) in [5.74, 6) is 0. The number of benzene rings is 3. The molecule has 0 atom stereocenters. The summed E-state index contributed by atoms with van der Waals surface area (Å²) >= 11 is 0. The summed E-state index contributed by atoms with van der Waals surface area (Å²) in [5.41, 5.74) is 3.95. The molecule has 0 N–H and O–H groups in total. The van der Waals surface area contributed by atoms with Crippen LogP contribution in [0.3, 0.4) is 0 Å². The highest BCUT2D eigenvalue weighted by molar-refractivity contribution is 6.01. The molecule has 0 unspecified atom stereocenters. The molecule has 0 radical (unpaired) electrons. The molecule has 1 aromatic heterocycles. The summed E-state index contributed by atoms with van der Waals surface area (Å²) in [6.07, 6.45) is 14.4. The van der Waals surface area contributed by atoms with Gasteiger partial charge in [0.05, 0.1) is 11.2 Å². The normalized spacial score (nSPS) is 13.6. The molecule has 1 aliphatic heterocycles. The van der Waals surface area contributed by atoms with Gasteiger partial charge in [-0.15, -0.1) is 0 Å². The summed E-state index contributed by atoms with van der Waals surface area (Å²) in [5, 5.41) is 3.82. The van der Waals surface area contributed by atoms with Crippen LogP contribution in [0.5, 0.6) is 0 Å². The number of unbranched alkanes of at least 4 members (excludes halogenated alkanes) is 4. The third-order valence-electron chi connectivity index (χ3n) is 6.84. The van der Waals surface area contributed by atoms with E-state index in [2.05, 4.69) is 73.6 Å². The van der Waals surface area contributed by atoms with E-state index in [0.717, 1.165) is 5.52 Å². The van der Waals surface area contributed by atoms with Crippen molar-refractivity contribution in [1.82, 2.24) is 4.98 Å². The third kappa shape index (κ3) is 5.33. The minimum absolute atomic E-state index is 0.184. The fourth-order valence-electron chi connectivity index (χ4n) is 4.97. The zero-order chi connectivity index (χ0) is 22.9. The van der Waals surface area contributed by atoms with Gasteiger partial charge in [-0.05, 0) is 35.9 Å². The van der Waals surface area contributed by atoms with Crippen molar-refractivity contribution in [2.75, 3.05) is 0 Å². The maximum Gasteiger partial charge on any atom is 0.0745 e. The van der Waals surface area contributed by atoms with Crippen LogP contribution in [0.1, 0.15) is 70.8 Å². The number of aromatic nitrogens is 1. The van der Waals surface area contributed by atoms with Gasteiger partial charge in [0.2, 0.25) is 0 Å². The highest BCUT2D eigenvalue weighted by Gasteiger charge is 2.35. The molecule has 0 aliphatic carbocycles. The monoisotopic (exact) mass is 436 g/mol. The van der Waals surface area contributed by atoms with E-state index in [9.17, 15) is 0 Å². The Labute approximate surface area is 198 Å². The molecular formula is C31H36N2. The van der Waals surface area contributed by atoms with E-state index in [1.807, 2.05) is 30.5 Å². The van der Waals surface area contributed by atoms with Crippen LogP contribution in [0.4, 0.5) is 5.69 Å². The molecule has 0 fully saturated rings. The zero-order valence-corrected chi connectivity index (χ0v) is 20.1. The number of aliphatic imine (C=N–C) groups is 1. The molecular weight excluding hydrogens is 400 g/mol. The Hall–Kier alpha value is -3.00. The number of rotatable bonds is 8. The predicted molar refractivity (Wildman–Crippen MR) is 144 cm³/mol. The second kappa shape index (κ2) is 11.2. The Balaban J connectivity index is 0.000000214. The molecule has 0 amide bonds. The van der Waals surface area contributed by atoms with Crippen molar-refractivity contribution >= 4 is 33.6 Å². The first-order valence-electron chi connectivity index (χ1n) is 12.6. The quantitative estimate of drug-likeness (QED) is 0.253. The second-order valence-electron chi connectivity index (χ2n) is 9.21. The number of fused-ring (bicyclic) bond motifs is 4. The van der Waals surface area contributed by atoms with E-state index in [1.54, 1.807) is 0 Å². The number of nitrogens with zero attached hydrogens (tertiary/aromatic N) is 2. The number of hydrogen-bond acceptors (Lipinski definition) is 2. The Bertz CT molecular complexity index is 1130. The van der Waals surface area contributed by atoms with Gasteiger partial charge in [-0.1, -0.05) is 113 Å². The molecule has 0 bridgehead atoms. The van der Waals surface area contributed by atoms with Crippen LogP contribution in [0.25, 0.3) is 21.7 Å². The van der Waals surface area contributed by atoms with Crippen LogP contribution >= 0.6 is 0 Å². The van der Waals surface area contributed by atoms with Gasteiger partial charge >= 0.3 is 0 Å². The Morgan fingerprint density at radius 1 is 0.667 bits per heavy atom. The summed E-state index contributed by atoms with van der Waals surface area (Å²) in [6.45, 7) is 4.57. The molecule has 5 rings (SSSR count). The van der Waals surface area contributed by atoms with Crippen LogP contribution in [0, 0.1) is 0 Å². The van der Waals surface area contributed by atoms with Crippen LogP contribution in [-0.4, -0.2) is 11.2 Å². The van der Waals surface area contributed by atoms with E-state index in [4.69, 9.17) is 4.99 Å². The molecule has 0 saturated heterocycles. The number of pyridine rings is 1. The molecule has 33 heavy (non-hydrogen) atoms. The molecule has 0 spiro atoms. The van der Waals surface area contributed by atoms with Gasteiger partial charge in [0, 0.05) is 28.6 Å². The number of para-hydroxylation sites is 1. The maximum atomic E-state index is 4.91. The lowest BCUT2D eigenvalue weighted by atomic mass is 9.74. The fourth-order valence-corrected chi connectivity index (χ4v) is 4.97. The van der Waals surface area contributed by atoms with Gasteiger partial charge in [0.1, 0.15) is 0 Å². The highest BCUT2D eigenvalue weighted by Crippen LogP contribution is 2.46. The lowest BCUT2D eigenvalue weighted by molar-refractivity contribution is 0.450. The molecule has 1 aliphatic rings. The van der Waals surface area contributed by atoms with Crippen molar-refractivity contribution in [3.05, 3.63) is 84.6 Å².